The van der Waals surface area contributed by atoms with E-state index < -0.39 is 26.6 Å². The van der Waals surface area contributed by atoms with E-state index in [9.17, 15) is 22.0 Å². The zero-order valence-corrected chi connectivity index (χ0v) is 19.3. The number of amides is 1. The first kappa shape index (κ1) is 23.3. The maximum absolute atomic E-state index is 14.0. The summed E-state index contributed by atoms with van der Waals surface area (Å²) in [6.07, 6.45) is 0. The van der Waals surface area contributed by atoms with E-state index in [0.29, 0.717) is 17.4 Å². The average Bonchev–Trinajstić information content (AvgIpc) is 3.24. The first-order chi connectivity index (χ1) is 15.7. The highest BCUT2D eigenvalue weighted by Gasteiger charge is 2.32. The number of benzene rings is 2. The lowest BCUT2D eigenvalue weighted by molar-refractivity contribution is 0.0697. The summed E-state index contributed by atoms with van der Waals surface area (Å²) in [7, 11) is -4.21. The lowest BCUT2D eigenvalue weighted by Crippen LogP contribution is -2.50. The number of nitrogens with zero attached hydrogens (tertiary/aromatic N) is 3. The third-order valence-electron chi connectivity index (χ3n) is 5.17. The van der Waals surface area contributed by atoms with Gasteiger partial charge in [-0.15, -0.1) is 11.3 Å². The van der Waals surface area contributed by atoms with E-state index in [1.807, 2.05) is 12.3 Å². The topological polar surface area (TPSA) is 79.8 Å². The van der Waals surface area contributed by atoms with E-state index in [1.165, 1.54) is 16.2 Å². The molecule has 1 aliphatic rings. The highest BCUT2D eigenvalue weighted by Crippen LogP contribution is 2.23. The molecular weight excluding hydrogens is 472 g/mol. The van der Waals surface area contributed by atoms with Gasteiger partial charge in [0, 0.05) is 37.1 Å². The van der Waals surface area contributed by atoms with Gasteiger partial charge in [0.15, 0.2) is 0 Å². The van der Waals surface area contributed by atoms with Crippen LogP contribution in [0.15, 0.2) is 52.7 Å². The summed E-state index contributed by atoms with van der Waals surface area (Å²) >= 11 is 1.53. The van der Waals surface area contributed by atoms with Crippen LogP contribution in [0.2, 0.25) is 0 Å². The standard InChI is InChI=1S/C22H21F2N3O4S2/c1-15-25-18(14-32-15)13-31-19-4-2-3-16(11-19)22(28)26-7-9-27(10-8-26)33(29,30)21-12-17(23)5-6-20(21)24/h2-6,11-12,14H,7-10,13H2,1H3. The molecule has 0 bridgehead atoms. The molecule has 1 fully saturated rings. The summed E-state index contributed by atoms with van der Waals surface area (Å²) in [6, 6.07) is 9.06. The number of thiazole rings is 1. The molecule has 4 rings (SSSR count). The van der Waals surface area contributed by atoms with Crippen molar-refractivity contribution in [1.29, 1.82) is 0 Å². The molecule has 0 unspecified atom stereocenters. The fourth-order valence-electron chi connectivity index (χ4n) is 3.48. The normalized spacial score (nSPS) is 14.9. The van der Waals surface area contributed by atoms with Crippen LogP contribution < -0.4 is 4.74 Å². The summed E-state index contributed by atoms with van der Waals surface area (Å²) in [5.74, 6) is -1.59. The number of rotatable bonds is 6. The van der Waals surface area contributed by atoms with Crippen LogP contribution in [0.25, 0.3) is 0 Å². The first-order valence-electron chi connectivity index (χ1n) is 10.1. The number of hydrogen-bond acceptors (Lipinski definition) is 6. The molecule has 0 saturated carbocycles. The zero-order valence-electron chi connectivity index (χ0n) is 17.7. The molecule has 7 nitrogen and oxygen atoms in total. The lowest BCUT2D eigenvalue weighted by Gasteiger charge is -2.34. The molecule has 3 aromatic rings. The van der Waals surface area contributed by atoms with Gasteiger partial charge >= 0.3 is 0 Å². The van der Waals surface area contributed by atoms with Crippen molar-refractivity contribution in [3.63, 3.8) is 0 Å². The molecule has 0 N–H and O–H groups in total. The third kappa shape index (κ3) is 5.21. The van der Waals surface area contributed by atoms with Crippen LogP contribution in [0.5, 0.6) is 5.75 Å². The molecule has 1 aromatic heterocycles. The Morgan fingerprint density at radius 3 is 2.58 bits per heavy atom. The summed E-state index contributed by atoms with van der Waals surface area (Å²) in [5, 5.41) is 2.85. The molecule has 2 aromatic carbocycles. The molecule has 11 heteroatoms. The second-order valence-electron chi connectivity index (χ2n) is 7.45. The zero-order chi connectivity index (χ0) is 23.6. The van der Waals surface area contributed by atoms with Gasteiger partial charge in [0.25, 0.3) is 5.91 Å². The van der Waals surface area contributed by atoms with Gasteiger partial charge in [-0.05, 0) is 43.3 Å². The molecular formula is C22H21F2N3O4S2. The van der Waals surface area contributed by atoms with Crippen molar-refractivity contribution in [3.8, 4) is 5.75 Å². The van der Waals surface area contributed by atoms with E-state index in [-0.39, 0.29) is 38.7 Å². The first-order valence-corrected chi connectivity index (χ1v) is 12.4. The summed E-state index contributed by atoms with van der Waals surface area (Å²) in [6.45, 7) is 2.39. The van der Waals surface area contributed by atoms with Gasteiger partial charge in [0.05, 0.1) is 10.7 Å². The number of halogens is 2. The number of sulfonamides is 1. The third-order valence-corrected chi connectivity index (χ3v) is 7.91. The van der Waals surface area contributed by atoms with E-state index >= 15 is 0 Å². The predicted octanol–water partition coefficient (Wildman–Crippen LogP) is 3.46. The van der Waals surface area contributed by atoms with Crippen molar-refractivity contribution in [2.45, 2.75) is 18.4 Å². The lowest BCUT2D eigenvalue weighted by atomic mass is 10.1. The fraction of sp³-hybridized carbons (Fsp3) is 0.273. The van der Waals surface area contributed by atoms with Crippen LogP contribution in [-0.4, -0.2) is 54.7 Å². The van der Waals surface area contributed by atoms with Crippen molar-refractivity contribution in [2.75, 3.05) is 26.2 Å². The largest absolute Gasteiger partial charge is 0.487 e. The number of carbonyl (C=O) groups is 1. The van der Waals surface area contributed by atoms with Crippen molar-refractivity contribution in [2.24, 2.45) is 0 Å². The molecule has 33 heavy (non-hydrogen) atoms. The number of hydrogen-bond donors (Lipinski definition) is 0. The van der Waals surface area contributed by atoms with Gasteiger partial charge in [-0.1, -0.05) is 6.07 Å². The highest BCUT2D eigenvalue weighted by molar-refractivity contribution is 7.89. The molecule has 0 spiro atoms. The Balaban J connectivity index is 1.39. The fourth-order valence-corrected chi connectivity index (χ4v) is 5.57. The molecule has 0 aliphatic carbocycles. The Kier molecular flexibility index (Phi) is 6.73. The second-order valence-corrected chi connectivity index (χ2v) is 10.4. The van der Waals surface area contributed by atoms with Gasteiger partial charge in [0.1, 0.15) is 28.9 Å². The van der Waals surface area contributed by atoms with Gasteiger partial charge in [0.2, 0.25) is 10.0 Å². The average molecular weight is 494 g/mol. The van der Waals surface area contributed by atoms with Crippen molar-refractivity contribution >= 4 is 27.3 Å². The minimum atomic E-state index is -4.21. The van der Waals surface area contributed by atoms with Crippen LogP contribution in [0.3, 0.4) is 0 Å². The number of carbonyl (C=O) groups excluding carboxylic acids is 1. The Bertz CT molecular complexity index is 1270. The second kappa shape index (κ2) is 9.54. The van der Waals surface area contributed by atoms with Crippen molar-refractivity contribution < 1.29 is 26.7 Å². The molecule has 1 saturated heterocycles. The SMILES string of the molecule is Cc1nc(COc2cccc(C(=O)N3CCN(S(=O)(=O)c4cc(F)ccc4F)CC3)c2)cs1. The van der Waals surface area contributed by atoms with Crippen LogP contribution >= 0.6 is 11.3 Å². The van der Waals surface area contributed by atoms with Gasteiger partial charge in [-0.2, -0.15) is 4.31 Å². The molecule has 2 heterocycles. The quantitative estimate of drug-likeness (QED) is 0.526. The Morgan fingerprint density at radius 1 is 1.12 bits per heavy atom. The summed E-state index contributed by atoms with van der Waals surface area (Å²) < 4.78 is 59.7. The van der Waals surface area contributed by atoms with E-state index in [4.69, 9.17) is 4.74 Å². The maximum Gasteiger partial charge on any atom is 0.254 e. The maximum atomic E-state index is 14.0. The number of aromatic nitrogens is 1. The Morgan fingerprint density at radius 2 is 1.88 bits per heavy atom. The molecule has 0 radical (unpaired) electrons. The Hall–Kier alpha value is -2.89. The van der Waals surface area contributed by atoms with Crippen LogP contribution in [-0.2, 0) is 16.6 Å². The van der Waals surface area contributed by atoms with E-state index in [0.717, 1.165) is 27.1 Å². The monoisotopic (exact) mass is 493 g/mol. The van der Waals surface area contributed by atoms with E-state index in [1.54, 1.807) is 24.3 Å². The minimum absolute atomic E-state index is 0.0244. The van der Waals surface area contributed by atoms with Gasteiger partial charge < -0.3 is 9.64 Å². The summed E-state index contributed by atoms with van der Waals surface area (Å²) in [4.78, 5) is 18.1. The Labute approximate surface area is 194 Å². The molecule has 1 amide bonds. The van der Waals surface area contributed by atoms with Crippen LogP contribution in [0.4, 0.5) is 8.78 Å². The number of ether oxygens (including phenoxy) is 1. The number of aryl methyl sites for hydroxylation is 1. The van der Waals surface area contributed by atoms with Crippen LogP contribution in [0.1, 0.15) is 21.1 Å². The van der Waals surface area contributed by atoms with Gasteiger partial charge in [-0.25, -0.2) is 22.2 Å². The highest BCUT2D eigenvalue weighted by atomic mass is 32.2. The predicted molar refractivity (Wildman–Crippen MR) is 119 cm³/mol. The summed E-state index contributed by atoms with van der Waals surface area (Å²) in [5.41, 5.74) is 1.22. The molecule has 0 atom stereocenters. The van der Waals surface area contributed by atoms with Crippen molar-refractivity contribution in [1.82, 2.24) is 14.2 Å². The van der Waals surface area contributed by atoms with Crippen molar-refractivity contribution in [3.05, 3.63) is 75.7 Å². The number of piperazine rings is 1. The van der Waals surface area contributed by atoms with E-state index in [2.05, 4.69) is 4.98 Å². The molecule has 174 valence electrons. The van der Waals surface area contributed by atoms with Crippen LogP contribution in [0, 0.1) is 18.6 Å². The molecule has 1 aliphatic heterocycles. The smallest absolute Gasteiger partial charge is 0.254 e. The van der Waals surface area contributed by atoms with Gasteiger partial charge in [-0.3, -0.25) is 4.79 Å². The minimum Gasteiger partial charge on any atom is -0.487 e.